The highest BCUT2D eigenvalue weighted by Crippen LogP contribution is 2.23. The van der Waals surface area contributed by atoms with Crippen molar-refractivity contribution in [2.75, 3.05) is 20.1 Å². The fraction of sp³-hybridized carbons (Fsp3) is 0.786. The Morgan fingerprint density at radius 2 is 1.95 bits per heavy atom. The minimum absolute atomic E-state index is 0.339. The fourth-order valence-corrected chi connectivity index (χ4v) is 3.78. The molecule has 0 bridgehead atoms. The van der Waals surface area contributed by atoms with Crippen molar-refractivity contribution in [1.82, 2.24) is 14.1 Å². The van der Waals surface area contributed by atoms with E-state index in [1.165, 1.54) is 4.31 Å². The number of aryl methyl sites for hydroxylation is 2. The van der Waals surface area contributed by atoms with Gasteiger partial charge in [-0.3, -0.25) is 4.68 Å². The number of nitrogens with zero attached hydrogens (tertiary/aromatic N) is 3. The van der Waals surface area contributed by atoms with Crippen molar-refractivity contribution in [2.24, 2.45) is 11.7 Å². The second-order valence-electron chi connectivity index (χ2n) is 5.87. The van der Waals surface area contributed by atoms with E-state index in [0.29, 0.717) is 41.8 Å². The first-order valence-corrected chi connectivity index (χ1v) is 8.86. The van der Waals surface area contributed by atoms with E-state index < -0.39 is 10.0 Å². The Bertz CT molecular complexity index is 564. The summed E-state index contributed by atoms with van der Waals surface area (Å²) >= 11 is 0. The normalized spacial score (nSPS) is 12.6. The summed E-state index contributed by atoms with van der Waals surface area (Å²) in [5.41, 5.74) is 6.75. The molecule has 7 heteroatoms. The van der Waals surface area contributed by atoms with Crippen LogP contribution in [-0.4, -0.2) is 42.6 Å². The molecule has 0 unspecified atom stereocenters. The molecule has 0 amide bonds. The summed E-state index contributed by atoms with van der Waals surface area (Å²) in [6.07, 6.45) is 1.62. The van der Waals surface area contributed by atoms with Gasteiger partial charge >= 0.3 is 0 Å². The Morgan fingerprint density at radius 3 is 2.48 bits per heavy atom. The summed E-state index contributed by atoms with van der Waals surface area (Å²) in [6, 6.07) is 0. The predicted molar refractivity (Wildman–Crippen MR) is 84.6 cm³/mol. The summed E-state index contributed by atoms with van der Waals surface area (Å²) in [4.78, 5) is 0.339. The number of hydrogen-bond donors (Lipinski definition) is 1. The number of rotatable bonds is 8. The smallest absolute Gasteiger partial charge is 0.246 e. The number of aromatic nitrogens is 2. The molecule has 0 aliphatic heterocycles. The molecule has 1 heterocycles. The largest absolute Gasteiger partial charge is 0.330 e. The van der Waals surface area contributed by atoms with Gasteiger partial charge in [0.25, 0.3) is 0 Å². The van der Waals surface area contributed by atoms with E-state index in [9.17, 15) is 8.42 Å². The van der Waals surface area contributed by atoms with Crippen LogP contribution < -0.4 is 5.73 Å². The first-order chi connectivity index (χ1) is 9.71. The van der Waals surface area contributed by atoms with Crippen molar-refractivity contribution in [3.05, 3.63) is 11.4 Å². The molecular weight excluding hydrogens is 288 g/mol. The highest BCUT2D eigenvalue weighted by molar-refractivity contribution is 7.89. The third-order valence-corrected chi connectivity index (χ3v) is 5.69. The lowest BCUT2D eigenvalue weighted by atomic mass is 10.1. The van der Waals surface area contributed by atoms with E-state index in [1.54, 1.807) is 25.6 Å². The molecular formula is C14H28N4O2S. The first-order valence-electron chi connectivity index (χ1n) is 7.42. The lowest BCUT2D eigenvalue weighted by Gasteiger charge is -2.18. The highest BCUT2D eigenvalue weighted by Gasteiger charge is 2.28. The van der Waals surface area contributed by atoms with Gasteiger partial charge < -0.3 is 5.73 Å². The molecule has 0 fully saturated rings. The van der Waals surface area contributed by atoms with Gasteiger partial charge in [0.15, 0.2) is 0 Å². The van der Waals surface area contributed by atoms with E-state index >= 15 is 0 Å². The van der Waals surface area contributed by atoms with Crippen LogP contribution in [0.4, 0.5) is 0 Å². The Morgan fingerprint density at radius 1 is 1.33 bits per heavy atom. The van der Waals surface area contributed by atoms with E-state index in [-0.39, 0.29) is 0 Å². The minimum Gasteiger partial charge on any atom is -0.330 e. The topological polar surface area (TPSA) is 81.2 Å². The van der Waals surface area contributed by atoms with Crippen LogP contribution in [0.2, 0.25) is 0 Å². The zero-order valence-corrected chi connectivity index (χ0v) is 14.6. The summed E-state index contributed by atoms with van der Waals surface area (Å²) in [5.74, 6) is 0.470. The van der Waals surface area contributed by atoms with E-state index in [2.05, 4.69) is 18.9 Å². The van der Waals surface area contributed by atoms with Crippen molar-refractivity contribution < 1.29 is 8.42 Å². The Balaban J connectivity index is 3.05. The summed E-state index contributed by atoms with van der Waals surface area (Å²) in [5, 5.41) is 4.35. The van der Waals surface area contributed by atoms with Gasteiger partial charge in [-0.1, -0.05) is 13.8 Å². The fourth-order valence-electron chi connectivity index (χ4n) is 2.23. The van der Waals surface area contributed by atoms with Gasteiger partial charge in [-0.05, 0) is 39.2 Å². The van der Waals surface area contributed by atoms with Crippen molar-refractivity contribution in [1.29, 1.82) is 0 Å². The molecule has 21 heavy (non-hydrogen) atoms. The Hall–Kier alpha value is -0.920. The molecule has 2 N–H and O–H groups in total. The minimum atomic E-state index is -3.48. The summed E-state index contributed by atoms with van der Waals surface area (Å²) in [6.45, 7) is 9.45. The maximum atomic E-state index is 12.7. The van der Waals surface area contributed by atoms with Crippen molar-refractivity contribution in [3.8, 4) is 0 Å². The third kappa shape index (κ3) is 4.28. The zero-order valence-electron chi connectivity index (χ0n) is 13.8. The van der Waals surface area contributed by atoms with E-state index in [4.69, 9.17) is 5.73 Å². The Kier molecular flexibility index (Phi) is 6.37. The molecule has 0 spiro atoms. The summed E-state index contributed by atoms with van der Waals surface area (Å²) in [7, 11) is -1.85. The standard InChI is InChI=1S/C14H28N4O2S/c1-11(2)7-10-17(5)21(19,20)14-12(3)16-18(13(14)4)9-6-8-15/h11H,6-10,15H2,1-5H3. The maximum Gasteiger partial charge on any atom is 0.246 e. The van der Waals surface area contributed by atoms with Gasteiger partial charge in [0.2, 0.25) is 10.0 Å². The molecule has 0 aliphatic carbocycles. The molecule has 0 aromatic carbocycles. The lowest BCUT2D eigenvalue weighted by Crippen LogP contribution is -2.29. The van der Waals surface area contributed by atoms with Crippen LogP contribution in [0.5, 0.6) is 0 Å². The van der Waals surface area contributed by atoms with Gasteiger partial charge in [0.05, 0.1) is 11.4 Å². The van der Waals surface area contributed by atoms with Gasteiger partial charge in [-0.2, -0.15) is 5.10 Å². The second-order valence-corrected chi connectivity index (χ2v) is 7.86. The monoisotopic (exact) mass is 316 g/mol. The number of hydrogen-bond acceptors (Lipinski definition) is 4. The number of sulfonamides is 1. The number of nitrogens with two attached hydrogens (primary N) is 1. The first kappa shape index (κ1) is 18.1. The van der Waals surface area contributed by atoms with Crippen LogP contribution in [0.25, 0.3) is 0 Å². The van der Waals surface area contributed by atoms with Crippen LogP contribution in [0, 0.1) is 19.8 Å². The van der Waals surface area contributed by atoms with Crippen LogP contribution >= 0.6 is 0 Å². The second kappa shape index (κ2) is 7.38. The van der Waals surface area contributed by atoms with E-state index in [1.807, 2.05) is 0 Å². The van der Waals surface area contributed by atoms with Gasteiger partial charge in [0.1, 0.15) is 4.90 Å². The van der Waals surface area contributed by atoms with Crippen LogP contribution in [0.15, 0.2) is 4.90 Å². The quantitative estimate of drug-likeness (QED) is 0.788. The molecule has 0 atom stereocenters. The SMILES string of the molecule is Cc1nn(CCCN)c(C)c1S(=O)(=O)N(C)CCC(C)C. The summed E-state index contributed by atoms with van der Waals surface area (Å²) < 4.78 is 28.6. The van der Waals surface area contributed by atoms with Gasteiger partial charge in [-0.15, -0.1) is 0 Å². The van der Waals surface area contributed by atoms with Crippen molar-refractivity contribution >= 4 is 10.0 Å². The molecule has 1 aromatic heterocycles. The lowest BCUT2D eigenvalue weighted by molar-refractivity contribution is 0.427. The van der Waals surface area contributed by atoms with Crippen LogP contribution in [-0.2, 0) is 16.6 Å². The Labute approximate surface area is 128 Å². The molecule has 1 rings (SSSR count). The molecule has 0 saturated carbocycles. The molecule has 0 saturated heterocycles. The van der Waals surface area contributed by atoms with Gasteiger partial charge in [0, 0.05) is 20.1 Å². The average molecular weight is 316 g/mol. The third-order valence-electron chi connectivity index (χ3n) is 3.58. The molecule has 122 valence electrons. The van der Waals surface area contributed by atoms with E-state index in [0.717, 1.165) is 12.8 Å². The van der Waals surface area contributed by atoms with Crippen LogP contribution in [0.1, 0.15) is 38.1 Å². The molecule has 1 aromatic rings. The van der Waals surface area contributed by atoms with Crippen molar-refractivity contribution in [3.63, 3.8) is 0 Å². The zero-order chi connectivity index (χ0) is 16.2. The average Bonchev–Trinajstić information content (AvgIpc) is 2.68. The predicted octanol–water partition coefficient (Wildman–Crippen LogP) is 1.52. The molecule has 0 aliphatic rings. The highest BCUT2D eigenvalue weighted by atomic mass is 32.2. The maximum absolute atomic E-state index is 12.7. The molecule has 0 radical (unpaired) electrons. The van der Waals surface area contributed by atoms with Crippen molar-refractivity contribution in [2.45, 2.75) is 52.0 Å². The molecule has 6 nitrogen and oxygen atoms in total. The van der Waals surface area contributed by atoms with Gasteiger partial charge in [-0.25, -0.2) is 12.7 Å². The van der Waals surface area contributed by atoms with Crippen LogP contribution in [0.3, 0.4) is 0 Å².